The number of benzene rings is 1. The van der Waals surface area contributed by atoms with Crippen LogP contribution in [0.5, 0.6) is 0 Å². The zero-order valence-electron chi connectivity index (χ0n) is 13.1. The second-order valence-corrected chi connectivity index (χ2v) is 6.47. The van der Waals surface area contributed by atoms with Gasteiger partial charge in [0.2, 0.25) is 11.9 Å². The molecule has 0 radical (unpaired) electrons. The van der Waals surface area contributed by atoms with Gasteiger partial charge in [0.05, 0.1) is 11.1 Å². The van der Waals surface area contributed by atoms with Gasteiger partial charge < -0.3 is 5.32 Å². The Labute approximate surface area is 148 Å². The molecule has 1 fully saturated rings. The summed E-state index contributed by atoms with van der Waals surface area (Å²) < 4.78 is 14.7. The van der Waals surface area contributed by atoms with Crippen molar-refractivity contribution in [1.82, 2.24) is 14.8 Å². The third kappa shape index (κ3) is 3.00. The van der Waals surface area contributed by atoms with Gasteiger partial charge in [-0.1, -0.05) is 23.7 Å². The molecule has 4 rings (SSSR count). The maximum absolute atomic E-state index is 13.2. The van der Waals surface area contributed by atoms with Crippen molar-refractivity contribution in [3.8, 4) is 5.69 Å². The zero-order chi connectivity index (χ0) is 17.4. The zero-order valence-corrected chi connectivity index (χ0v) is 13.9. The van der Waals surface area contributed by atoms with Gasteiger partial charge in [0.15, 0.2) is 5.82 Å². The summed E-state index contributed by atoms with van der Waals surface area (Å²) in [5.74, 6) is -0.284. The van der Waals surface area contributed by atoms with Crippen LogP contribution in [-0.4, -0.2) is 20.7 Å². The summed E-state index contributed by atoms with van der Waals surface area (Å²) in [4.78, 5) is 16.2. The average Bonchev–Trinajstić information content (AvgIpc) is 3.29. The van der Waals surface area contributed by atoms with Crippen LogP contribution in [0.1, 0.15) is 18.4 Å². The molecule has 7 heteroatoms. The number of hydrogen-bond donors (Lipinski definition) is 1. The van der Waals surface area contributed by atoms with Crippen molar-refractivity contribution in [3.63, 3.8) is 0 Å². The lowest BCUT2D eigenvalue weighted by Gasteiger charge is -2.15. The summed E-state index contributed by atoms with van der Waals surface area (Å²) in [6.07, 6.45) is 4.57. The van der Waals surface area contributed by atoms with Crippen molar-refractivity contribution >= 4 is 23.3 Å². The molecular formula is C18H14ClFN4O. The maximum atomic E-state index is 13.2. The lowest BCUT2D eigenvalue weighted by atomic mass is 9.95. The molecule has 5 nitrogen and oxygen atoms in total. The highest BCUT2D eigenvalue weighted by atomic mass is 35.5. The highest BCUT2D eigenvalue weighted by molar-refractivity contribution is 6.30. The molecule has 2 heterocycles. The average molecular weight is 357 g/mol. The van der Waals surface area contributed by atoms with Crippen LogP contribution in [0.4, 0.5) is 10.2 Å². The van der Waals surface area contributed by atoms with Gasteiger partial charge in [0.25, 0.3) is 0 Å². The molecule has 126 valence electrons. The lowest BCUT2D eigenvalue weighted by molar-refractivity contribution is -0.118. The third-order valence-corrected chi connectivity index (χ3v) is 4.60. The van der Waals surface area contributed by atoms with Crippen molar-refractivity contribution in [2.24, 2.45) is 0 Å². The summed E-state index contributed by atoms with van der Waals surface area (Å²) in [5.41, 5.74) is 0.898. The smallest absolute Gasteiger partial charge is 0.236 e. The number of carbonyl (C=O) groups excluding carboxylic acids is 1. The van der Waals surface area contributed by atoms with E-state index in [2.05, 4.69) is 15.4 Å². The lowest BCUT2D eigenvalue weighted by Crippen LogP contribution is -2.28. The molecule has 0 spiro atoms. The fourth-order valence-electron chi connectivity index (χ4n) is 2.86. The normalized spacial score (nSPS) is 15.0. The Balaban J connectivity index is 1.54. The molecule has 0 saturated heterocycles. The number of hydrogen-bond acceptors (Lipinski definition) is 3. The van der Waals surface area contributed by atoms with E-state index >= 15 is 0 Å². The van der Waals surface area contributed by atoms with E-state index in [1.54, 1.807) is 24.4 Å². The SMILES string of the molecule is O=C(Nc1ccn(-c2ccnc(F)c2)n1)C1(c2cccc(Cl)c2)CC1. The molecule has 0 atom stereocenters. The number of rotatable bonds is 4. The Hall–Kier alpha value is -2.73. The molecule has 0 bridgehead atoms. The van der Waals surface area contributed by atoms with Crippen LogP contribution in [0, 0.1) is 5.95 Å². The van der Waals surface area contributed by atoms with Gasteiger partial charge in [-0.05, 0) is 36.6 Å². The largest absolute Gasteiger partial charge is 0.308 e. The van der Waals surface area contributed by atoms with Gasteiger partial charge in [0.1, 0.15) is 0 Å². The van der Waals surface area contributed by atoms with Crippen LogP contribution in [0.2, 0.25) is 5.02 Å². The molecule has 2 aromatic heterocycles. The molecule has 1 saturated carbocycles. The minimum absolute atomic E-state index is 0.110. The fraction of sp³-hybridized carbons (Fsp3) is 0.167. The topological polar surface area (TPSA) is 59.8 Å². The Morgan fingerprint density at radius 2 is 2.08 bits per heavy atom. The highest BCUT2D eigenvalue weighted by Gasteiger charge is 2.51. The second kappa shape index (κ2) is 5.97. The number of nitrogens with zero attached hydrogens (tertiary/aromatic N) is 3. The van der Waals surface area contributed by atoms with E-state index in [4.69, 9.17) is 11.6 Å². The molecule has 0 aliphatic heterocycles. The highest BCUT2D eigenvalue weighted by Crippen LogP contribution is 2.49. The first-order chi connectivity index (χ1) is 12.1. The number of nitrogens with one attached hydrogen (secondary N) is 1. The van der Waals surface area contributed by atoms with Gasteiger partial charge in [0, 0.05) is 29.5 Å². The first kappa shape index (κ1) is 15.8. The predicted molar refractivity (Wildman–Crippen MR) is 92.3 cm³/mol. The quantitative estimate of drug-likeness (QED) is 0.724. The third-order valence-electron chi connectivity index (χ3n) is 4.37. The molecule has 3 aromatic rings. The van der Waals surface area contributed by atoms with Gasteiger partial charge in [-0.25, -0.2) is 9.67 Å². The summed E-state index contributed by atoms with van der Waals surface area (Å²) >= 11 is 6.04. The van der Waals surface area contributed by atoms with E-state index in [-0.39, 0.29) is 5.91 Å². The van der Waals surface area contributed by atoms with Crippen molar-refractivity contribution in [2.75, 3.05) is 5.32 Å². The van der Waals surface area contributed by atoms with Gasteiger partial charge in [-0.2, -0.15) is 9.49 Å². The van der Waals surface area contributed by atoms with Gasteiger partial charge in [-0.15, -0.1) is 0 Å². The number of carbonyl (C=O) groups is 1. The number of anilines is 1. The summed E-state index contributed by atoms with van der Waals surface area (Å²) in [6.45, 7) is 0. The van der Waals surface area contributed by atoms with Crippen molar-refractivity contribution in [3.05, 3.63) is 71.4 Å². The Kier molecular flexibility index (Phi) is 3.77. The van der Waals surface area contributed by atoms with Crippen LogP contribution in [0.25, 0.3) is 5.69 Å². The summed E-state index contributed by atoms with van der Waals surface area (Å²) in [6, 6.07) is 11.9. The Morgan fingerprint density at radius 1 is 1.24 bits per heavy atom. The molecule has 25 heavy (non-hydrogen) atoms. The molecule has 1 aromatic carbocycles. The minimum Gasteiger partial charge on any atom is -0.308 e. The van der Waals surface area contributed by atoms with Gasteiger partial charge in [-0.3, -0.25) is 4.79 Å². The Bertz CT molecular complexity index is 952. The van der Waals surface area contributed by atoms with Crippen LogP contribution in [0.15, 0.2) is 54.9 Å². The van der Waals surface area contributed by atoms with Crippen molar-refractivity contribution < 1.29 is 9.18 Å². The van der Waals surface area contributed by atoms with E-state index < -0.39 is 11.4 Å². The van der Waals surface area contributed by atoms with E-state index in [1.165, 1.54) is 16.9 Å². The van der Waals surface area contributed by atoms with E-state index in [0.29, 0.717) is 16.5 Å². The maximum Gasteiger partial charge on any atom is 0.236 e. The molecule has 0 unspecified atom stereocenters. The Morgan fingerprint density at radius 3 is 2.80 bits per heavy atom. The van der Waals surface area contributed by atoms with Crippen LogP contribution < -0.4 is 5.32 Å². The number of aromatic nitrogens is 3. The number of pyridine rings is 1. The monoisotopic (exact) mass is 356 g/mol. The van der Waals surface area contributed by atoms with Gasteiger partial charge >= 0.3 is 0 Å². The fourth-order valence-corrected chi connectivity index (χ4v) is 3.05. The van der Waals surface area contributed by atoms with E-state index in [9.17, 15) is 9.18 Å². The van der Waals surface area contributed by atoms with E-state index in [0.717, 1.165) is 18.4 Å². The number of amides is 1. The predicted octanol–water partition coefficient (Wildman–Crippen LogP) is 3.73. The molecule has 1 aliphatic rings. The number of halogens is 2. The molecule has 1 amide bonds. The van der Waals surface area contributed by atoms with Crippen molar-refractivity contribution in [1.29, 1.82) is 0 Å². The van der Waals surface area contributed by atoms with Crippen LogP contribution in [0.3, 0.4) is 0 Å². The summed E-state index contributed by atoms with van der Waals surface area (Å²) in [7, 11) is 0. The first-order valence-corrected chi connectivity index (χ1v) is 8.20. The molecule has 1 aliphatic carbocycles. The van der Waals surface area contributed by atoms with Crippen molar-refractivity contribution in [2.45, 2.75) is 18.3 Å². The second-order valence-electron chi connectivity index (χ2n) is 6.03. The standard InChI is InChI=1S/C18H14ClFN4O/c19-13-3-1-2-12(10-13)18(6-7-18)17(25)22-16-5-9-24(23-16)14-4-8-21-15(20)11-14/h1-5,8-11H,6-7H2,(H,22,23,25). The molecular weight excluding hydrogens is 343 g/mol. The first-order valence-electron chi connectivity index (χ1n) is 7.82. The molecule has 1 N–H and O–H groups in total. The van der Waals surface area contributed by atoms with Crippen LogP contribution >= 0.6 is 11.6 Å². The van der Waals surface area contributed by atoms with Crippen LogP contribution in [-0.2, 0) is 10.2 Å². The van der Waals surface area contributed by atoms with E-state index in [1.807, 2.05) is 18.2 Å². The summed E-state index contributed by atoms with van der Waals surface area (Å²) in [5, 5.41) is 7.73. The minimum atomic E-state index is -0.587.